The molecule has 0 saturated heterocycles. The molecule has 0 saturated carbocycles. The van der Waals surface area contributed by atoms with Crippen LogP contribution in [0.5, 0.6) is 5.75 Å². The van der Waals surface area contributed by atoms with Gasteiger partial charge in [0.25, 0.3) is 0 Å². The number of amides is 1. The second kappa shape index (κ2) is 10.1. The van der Waals surface area contributed by atoms with Crippen LogP contribution in [0.15, 0.2) is 24.3 Å². The standard InChI is InChI=1S/C18H26N2O3S/c1-18(2,3)23-17(21)20-11-5-6-16(12-19)24-13-14-7-9-15(22-4)10-8-14/h7-10,16H,5-6,11,13H2,1-4H3,(H,20,21). The minimum atomic E-state index is -0.493. The van der Waals surface area contributed by atoms with Gasteiger partial charge in [0.1, 0.15) is 11.4 Å². The Kier molecular flexibility index (Phi) is 8.48. The molecule has 0 bridgehead atoms. The van der Waals surface area contributed by atoms with Crippen LogP contribution < -0.4 is 10.1 Å². The van der Waals surface area contributed by atoms with Gasteiger partial charge >= 0.3 is 6.09 Å². The lowest BCUT2D eigenvalue weighted by atomic mass is 10.2. The van der Waals surface area contributed by atoms with Gasteiger partial charge in [0.2, 0.25) is 0 Å². The first kappa shape index (κ1) is 20.2. The number of nitrogens with one attached hydrogen (secondary N) is 1. The molecule has 0 aromatic heterocycles. The van der Waals surface area contributed by atoms with Gasteiger partial charge in [-0.3, -0.25) is 0 Å². The second-order valence-electron chi connectivity index (χ2n) is 6.35. The highest BCUT2D eigenvalue weighted by atomic mass is 32.2. The maximum atomic E-state index is 11.5. The van der Waals surface area contributed by atoms with E-state index in [1.165, 1.54) is 0 Å². The molecule has 1 aromatic rings. The molecule has 132 valence electrons. The van der Waals surface area contributed by atoms with E-state index in [1.807, 2.05) is 45.0 Å². The third-order valence-corrected chi connectivity index (χ3v) is 4.31. The Morgan fingerprint density at radius 2 is 2.00 bits per heavy atom. The van der Waals surface area contributed by atoms with Gasteiger partial charge in [-0.1, -0.05) is 12.1 Å². The number of nitriles is 1. The smallest absolute Gasteiger partial charge is 0.407 e. The predicted octanol–water partition coefficient (Wildman–Crippen LogP) is 4.13. The lowest BCUT2D eigenvalue weighted by molar-refractivity contribution is 0.0527. The first-order chi connectivity index (χ1) is 11.3. The number of nitrogens with zero attached hydrogens (tertiary/aromatic N) is 1. The first-order valence-corrected chi connectivity index (χ1v) is 9.00. The van der Waals surface area contributed by atoms with E-state index >= 15 is 0 Å². The van der Waals surface area contributed by atoms with Gasteiger partial charge in [-0.05, 0) is 51.3 Å². The summed E-state index contributed by atoms with van der Waals surface area (Å²) in [6.45, 7) is 5.99. The molecule has 24 heavy (non-hydrogen) atoms. The third-order valence-electron chi connectivity index (χ3n) is 3.07. The summed E-state index contributed by atoms with van der Waals surface area (Å²) in [5.74, 6) is 1.61. The summed E-state index contributed by atoms with van der Waals surface area (Å²) in [7, 11) is 1.64. The van der Waals surface area contributed by atoms with E-state index in [0.717, 1.165) is 29.9 Å². The zero-order chi connectivity index (χ0) is 18.0. The fourth-order valence-electron chi connectivity index (χ4n) is 1.90. The highest BCUT2D eigenvalue weighted by Crippen LogP contribution is 2.22. The summed E-state index contributed by atoms with van der Waals surface area (Å²) in [5, 5.41) is 11.9. The third kappa shape index (κ3) is 8.68. The number of hydrogen-bond donors (Lipinski definition) is 1. The number of hydrogen-bond acceptors (Lipinski definition) is 5. The van der Waals surface area contributed by atoms with Crippen molar-refractivity contribution in [1.82, 2.24) is 5.32 Å². The van der Waals surface area contributed by atoms with Crippen molar-refractivity contribution in [2.45, 2.75) is 50.2 Å². The number of carbonyl (C=O) groups excluding carboxylic acids is 1. The van der Waals surface area contributed by atoms with Crippen LogP contribution >= 0.6 is 11.8 Å². The van der Waals surface area contributed by atoms with Crippen molar-refractivity contribution in [2.75, 3.05) is 13.7 Å². The van der Waals surface area contributed by atoms with Gasteiger partial charge in [0.05, 0.1) is 18.4 Å². The monoisotopic (exact) mass is 350 g/mol. The van der Waals surface area contributed by atoms with Crippen LogP contribution in [0, 0.1) is 11.3 Å². The molecule has 0 aliphatic carbocycles. The fourth-order valence-corrected chi connectivity index (χ4v) is 2.89. The number of carbonyl (C=O) groups is 1. The number of alkyl carbamates (subject to hydrolysis) is 1. The molecule has 1 aromatic carbocycles. The molecule has 1 atom stereocenters. The molecule has 6 heteroatoms. The molecule has 0 radical (unpaired) electrons. The molecule has 5 nitrogen and oxygen atoms in total. The number of methoxy groups -OCH3 is 1. The van der Waals surface area contributed by atoms with Crippen molar-refractivity contribution >= 4 is 17.9 Å². The molecular weight excluding hydrogens is 324 g/mol. The van der Waals surface area contributed by atoms with Crippen LogP contribution in [-0.4, -0.2) is 30.6 Å². The van der Waals surface area contributed by atoms with Crippen LogP contribution in [0.1, 0.15) is 39.2 Å². The van der Waals surface area contributed by atoms with Crippen molar-refractivity contribution in [2.24, 2.45) is 0 Å². The molecule has 1 N–H and O–H groups in total. The summed E-state index contributed by atoms with van der Waals surface area (Å²) in [6, 6.07) is 10.2. The van der Waals surface area contributed by atoms with Crippen molar-refractivity contribution in [3.63, 3.8) is 0 Å². The Bertz CT molecular complexity index is 547. The molecule has 0 aliphatic rings. The van der Waals surface area contributed by atoms with Gasteiger partial charge in [0.15, 0.2) is 0 Å². The quantitative estimate of drug-likeness (QED) is 0.714. The Balaban J connectivity index is 2.25. The van der Waals surface area contributed by atoms with Crippen LogP contribution in [-0.2, 0) is 10.5 Å². The van der Waals surface area contributed by atoms with Gasteiger partial charge in [-0.25, -0.2) is 4.79 Å². The Labute approximate surface area is 148 Å². The number of ether oxygens (including phenoxy) is 2. The molecule has 0 spiro atoms. The summed E-state index contributed by atoms with van der Waals surface area (Å²) in [6.07, 6.45) is 1.06. The summed E-state index contributed by atoms with van der Waals surface area (Å²) in [5.41, 5.74) is 0.668. The second-order valence-corrected chi connectivity index (χ2v) is 7.54. The highest BCUT2D eigenvalue weighted by molar-refractivity contribution is 7.99. The average molecular weight is 350 g/mol. The minimum absolute atomic E-state index is 0.0902. The maximum Gasteiger partial charge on any atom is 0.407 e. The first-order valence-electron chi connectivity index (χ1n) is 7.95. The topological polar surface area (TPSA) is 71.3 Å². The fraction of sp³-hybridized carbons (Fsp3) is 0.556. The molecular formula is C18H26N2O3S. The summed E-state index contributed by atoms with van der Waals surface area (Å²) >= 11 is 1.61. The molecule has 1 rings (SSSR count). The normalized spacial score (nSPS) is 12.1. The lowest BCUT2D eigenvalue weighted by Crippen LogP contribution is -2.33. The molecule has 1 unspecified atom stereocenters. The van der Waals surface area contributed by atoms with E-state index in [1.54, 1.807) is 18.9 Å². The maximum absolute atomic E-state index is 11.5. The Morgan fingerprint density at radius 3 is 2.54 bits per heavy atom. The molecule has 0 fully saturated rings. The average Bonchev–Trinajstić information content (AvgIpc) is 2.53. The van der Waals surface area contributed by atoms with Crippen molar-refractivity contribution < 1.29 is 14.3 Å². The van der Waals surface area contributed by atoms with Crippen LogP contribution in [0.3, 0.4) is 0 Å². The van der Waals surface area contributed by atoms with E-state index in [0.29, 0.717) is 6.54 Å². The zero-order valence-corrected chi connectivity index (χ0v) is 15.6. The van der Waals surface area contributed by atoms with Gasteiger partial charge < -0.3 is 14.8 Å². The molecule has 0 heterocycles. The van der Waals surface area contributed by atoms with E-state index in [-0.39, 0.29) is 5.25 Å². The number of thioether (sulfide) groups is 1. The summed E-state index contributed by atoms with van der Waals surface area (Å²) in [4.78, 5) is 11.5. The van der Waals surface area contributed by atoms with Crippen LogP contribution in [0.2, 0.25) is 0 Å². The van der Waals surface area contributed by atoms with E-state index in [4.69, 9.17) is 9.47 Å². The van der Waals surface area contributed by atoms with Crippen molar-refractivity contribution in [3.05, 3.63) is 29.8 Å². The summed E-state index contributed by atoms with van der Waals surface area (Å²) < 4.78 is 10.3. The lowest BCUT2D eigenvalue weighted by Gasteiger charge is -2.19. The highest BCUT2D eigenvalue weighted by Gasteiger charge is 2.15. The number of rotatable bonds is 8. The van der Waals surface area contributed by atoms with Crippen molar-refractivity contribution in [3.8, 4) is 11.8 Å². The van der Waals surface area contributed by atoms with Crippen LogP contribution in [0.4, 0.5) is 4.79 Å². The van der Waals surface area contributed by atoms with Crippen LogP contribution in [0.25, 0.3) is 0 Å². The predicted molar refractivity (Wildman–Crippen MR) is 97.2 cm³/mol. The van der Waals surface area contributed by atoms with Crippen molar-refractivity contribution in [1.29, 1.82) is 5.26 Å². The van der Waals surface area contributed by atoms with E-state index in [9.17, 15) is 10.1 Å². The Morgan fingerprint density at radius 1 is 1.33 bits per heavy atom. The van der Waals surface area contributed by atoms with Gasteiger partial charge in [0, 0.05) is 12.3 Å². The van der Waals surface area contributed by atoms with E-state index in [2.05, 4.69) is 11.4 Å². The molecule has 1 amide bonds. The SMILES string of the molecule is COc1ccc(CSC(C#N)CCCNC(=O)OC(C)(C)C)cc1. The number of benzene rings is 1. The zero-order valence-electron chi connectivity index (χ0n) is 14.8. The molecule has 0 aliphatic heterocycles. The Hall–Kier alpha value is -1.87. The van der Waals surface area contributed by atoms with Gasteiger partial charge in [-0.2, -0.15) is 5.26 Å². The largest absolute Gasteiger partial charge is 0.497 e. The van der Waals surface area contributed by atoms with E-state index < -0.39 is 11.7 Å². The van der Waals surface area contributed by atoms with Gasteiger partial charge in [-0.15, -0.1) is 11.8 Å². The minimum Gasteiger partial charge on any atom is -0.497 e.